The second-order valence-corrected chi connectivity index (χ2v) is 10.1. The molecule has 2 rings (SSSR count). The van der Waals surface area contributed by atoms with Gasteiger partial charge in [0.2, 0.25) is 16.0 Å². The quantitative estimate of drug-likeness (QED) is 0.693. The molecule has 0 amide bonds. The Hall–Kier alpha value is -1.87. The van der Waals surface area contributed by atoms with Crippen molar-refractivity contribution in [3.63, 3.8) is 0 Å². The molecule has 27 heavy (non-hydrogen) atoms. The molecule has 1 heterocycles. The van der Waals surface area contributed by atoms with E-state index in [-0.39, 0.29) is 23.1 Å². The minimum absolute atomic E-state index is 0.130. The Bertz CT molecular complexity index is 990. The van der Waals surface area contributed by atoms with Crippen molar-refractivity contribution in [2.45, 2.75) is 25.9 Å². The number of rotatable bonds is 6. The number of nitrogens with zero attached hydrogens (tertiary/aromatic N) is 3. The molecule has 0 aliphatic carbocycles. The predicted octanol–water partition coefficient (Wildman–Crippen LogP) is 2.48. The fourth-order valence-electron chi connectivity index (χ4n) is 2.46. The van der Waals surface area contributed by atoms with Crippen LogP contribution in [-0.4, -0.2) is 41.5 Å². The Kier molecular flexibility index (Phi) is 6.06. The van der Waals surface area contributed by atoms with E-state index in [1.165, 1.54) is 31.3 Å². The van der Waals surface area contributed by atoms with Crippen molar-refractivity contribution >= 4 is 23.6 Å². The second kappa shape index (κ2) is 7.63. The molecule has 1 aromatic carbocycles. The Morgan fingerprint density at radius 2 is 1.74 bits per heavy atom. The minimum atomic E-state index is -4.47. The SMILES string of the molecule is CC(C)c1nc(N(C)S(C)(=O)=O)nc(-c2ccc(F)cc2)c1CP(=O)(O)O. The third-order valence-electron chi connectivity index (χ3n) is 3.84. The average molecular weight is 417 g/mol. The van der Waals surface area contributed by atoms with Gasteiger partial charge in [-0.05, 0) is 30.2 Å². The van der Waals surface area contributed by atoms with Gasteiger partial charge in [0.15, 0.2) is 0 Å². The van der Waals surface area contributed by atoms with Crippen molar-refractivity contribution < 1.29 is 27.2 Å². The summed E-state index contributed by atoms with van der Waals surface area (Å²) in [6, 6.07) is 5.20. The summed E-state index contributed by atoms with van der Waals surface area (Å²) in [6.45, 7) is 3.54. The van der Waals surface area contributed by atoms with Gasteiger partial charge in [0, 0.05) is 18.2 Å². The van der Waals surface area contributed by atoms with E-state index in [1.807, 2.05) is 0 Å². The lowest BCUT2D eigenvalue weighted by Crippen LogP contribution is -2.28. The molecule has 0 saturated carbocycles. The van der Waals surface area contributed by atoms with Crippen LogP contribution in [0.4, 0.5) is 10.3 Å². The Morgan fingerprint density at radius 1 is 1.19 bits per heavy atom. The van der Waals surface area contributed by atoms with Crippen LogP contribution in [0.1, 0.15) is 31.0 Å². The van der Waals surface area contributed by atoms with Gasteiger partial charge in [0.05, 0.1) is 23.8 Å². The Morgan fingerprint density at radius 3 is 2.19 bits per heavy atom. The highest BCUT2D eigenvalue weighted by Gasteiger charge is 2.27. The van der Waals surface area contributed by atoms with Gasteiger partial charge in [0.25, 0.3) is 0 Å². The largest absolute Gasteiger partial charge is 0.330 e. The molecule has 2 N–H and O–H groups in total. The van der Waals surface area contributed by atoms with Crippen molar-refractivity contribution in [3.05, 3.63) is 41.3 Å². The van der Waals surface area contributed by atoms with Gasteiger partial charge in [-0.1, -0.05) is 13.8 Å². The Labute approximate surface area is 157 Å². The zero-order chi connectivity index (χ0) is 20.6. The number of benzene rings is 1. The number of aromatic nitrogens is 2. The van der Waals surface area contributed by atoms with E-state index in [1.54, 1.807) is 13.8 Å². The van der Waals surface area contributed by atoms with Crippen LogP contribution >= 0.6 is 7.60 Å². The van der Waals surface area contributed by atoms with E-state index in [0.717, 1.165) is 10.6 Å². The first-order chi connectivity index (χ1) is 12.3. The van der Waals surface area contributed by atoms with Crippen LogP contribution in [0.15, 0.2) is 24.3 Å². The first-order valence-electron chi connectivity index (χ1n) is 7.95. The summed E-state index contributed by atoms with van der Waals surface area (Å²) >= 11 is 0. The molecule has 148 valence electrons. The highest BCUT2D eigenvalue weighted by atomic mass is 32.2. The Balaban J connectivity index is 2.84. The molecule has 0 bridgehead atoms. The summed E-state index contributed by atoms with van der Waals surface area (Å²) in [7, 11) is -6.84. The maximum Gasteiger partial charge on any atom is 0.330 e. The topological polar surface area (TPSA) is 121 Å². The molecule has 0 fully saturated rings. The summed E-state index contributed by atoms with van der Waals surface area (Å²) in [5, 5.41) is 0. The molecule has 11 heteroatoms. The molecule has 0 unspecified atom stereocenters. The predicted molar refractivity (Wildman–Crippen MR) is 101 cm³/mol. The lowest BCUT2D eigenvalue weighted by atomic mass is 9.99. The molecule has 2 aromatic rings. The third-order valence-corrected chi connectivity index (χ3v) is 5.72. The van der Waals surface area contributed by atoms with E-state index in [4.69, 9.17) is 0 Å². The zero-order valence-electron chi connectivity index (χ0n) is 15.3. The van der Waals surface area contributed by atoms with Crippen LogP contribution < -0.4 is 4.31 Å². The summed E-state index contributed by atoms with van der Waals surface area (Å²) in [4.78, 5) is 27.5. The van der Waals surface area contributed by atoms with E-state index < -0.39 is 29.6 Å². The van der Waals surface area contributed by atoms with Gasteiger partial charge in [-0.3, -0.25) is 4.57 Å². The third kappa shape index (κ3) is 5.32. The van der Waals surface area contributed by atoms with Gasteiger partial charge in [-0.25, -0.2) is 27.1 Å². The van der Waals surface area contributed by atoms with Gasteiger partial charge >= 0.3 is 7.60 Å². The van der Waals surface area contributed by atoms with Crippen molar-refractivity contribution in [1.82, 2.24) is 9.97 Å². The first kappa shape index (κ1) is 21.4. The van der Waals surface area contributed by atoms with E-state index >= 15 is 0 Å². The standard InChI is InChI=1S/C16H21FN3O5PS/c1-10(2)14-13(9-26(21,22)23)15(11-5-7-12(17)8-6-11)19-16(18-14)20(3)27(4,24)25/h5-8,10H,9H2,1-4H3,(H2,21,22,23). The van der Waals surface area contributed by atoms with Gasteiger partial charge in [-0.2, -0.15) is 0 Å². The van der Waals surface area contributed by atoms with Crippen molar-refractivity contribution in [1.29, 1.82) is 0 Å². The van der Waals surface area contributed by atoms with Crippen molar-refractivity contribution in [3.8, 4) is 11.3 Å². The van der Waals surface area contributed by atoms with Crippen LogP contribution in [0.5, 0.6) is 0 Å². The monoisotopic (exact) mass is 417 g/mol. The number of halogens is 1. The molecule has 1 aromatic heterocycles. The molecular formula is C16H21FN3O5PS. The maximum absolute atomic E-state index is 13.3. The molecular weight excluding hydrogens is 396 g/mol. The maximum atomic E-state index is 13.3. The van der Waals surface area contributed by atoms with Crippen LogP contribution in [0, 0.1) is 5.82 Å². The fraction of sp³-hybridized carbons (Fsp3) is 0.375. The molecule has 0 spiro atoms. The summed E-state index contributed by atoms with van der Waals surface area (Å²) < 4.78 is 49.6. The smallest absolute Gasteiger partial charge is 0.324 e. The molecule has 0 aliphatic rings. The molecule has 8 nitrogen and oxygen atoms in total. The first-order valence-corrected chi connectivity index (χ1v) is 11.6. The number of anilines is 1. The van der Waals surface area contributed by atoms with E-state index in [9.17, 15) is 27.2 Å². The molecule has 0 aliphatic heterocycles. The highest BCUT2D eigenvalue weighted by molar-refractivity contribution is 7.92. The zero-order valence-corrected chi connectivity index (χ0v) is 17.0. The van der Waals surface area contributed by atoms with Gasteiger partial charge in [-0.15, -0.1) is 0 Å². The minimum Gasteiger partial charge on any atom is -0.324 e. The summed E-state index contributed by atoms with van der Waals surface area (Å²) in [5.74, 6) is -0.877. The van der Waals surface area contributed by atoms with Gasteiger partial charge < -0.3 is 9.79 Å². The molecule has 0 saturated heterocycles. The summed E-state index contributed by atoms with van der Waals surface area (Å²) in [5.41, 5.74) is 1.07. The van der Waals surface area contributed by atoms with E-state index in [0.29, 0.717) is 11.3 Å². The van der Waals surface area contributed by atoms with E-state index in [2.05, 4.69) is 9.97 Å². The number of sulfonamides is 1. The van der Waals surface area contributed by atoms with Crippen molar-refractivity contribution in [2.24, 2.45) is 0 Å². The van der Waals surface area contributed by atoms with Crippen LogP contribution in [0.2, 0.25) is 0 Å². The average Bonchev–Trinajstić information content (AvgIpc) is 2.52. The molecule has 0 atom stereocenters. The second-order valence-electron chi connectivity index (χ2n) is 6.45. The summed E-state index contributed by atoms with van der Waals surface area (Å²) in [6.07, 6.45) is 0.378. The van der Waals surface area contributed by atoms with Crippen LogP contribution in [0.25, 0.3) is 11.3 Å². The normalized spacial score (nSPS) is 12.4. The van der Waals surface area contributed by atoms with Crippen molar-refractivity contribution in [2.75, 3.05) is 17.6 Å². The lowest BCUT2D eigenvalue weighted by molar-refractivity contribution is 0.371. The highest BCUT2D eigenvalue weighted by Crippen LogP contribution is 2.43. The van der Waals surface area contributed by atoms with Gasteiger partial charge in [0.1, 0.15) is 5.82 Å². The van der Waals surface area contributed by atoms with Crippen LogP contribution in [0.3, 0.4) is 0 Å². The molecule has 0 radical (unpaired) electrons. The number of hydrogen-bond donors (Lipinski definition) is 2. The number of hydrogen-bond acceptors (Lipinski definition) is 5. The van der Waals surface area contributed by atoms with Crippen LogP contribution in [-0.2, 0) is 20.8 Å². The fourth-order valence-corrected chi connectivity index (χ4v) is 3.57. The lowest BCUT2D eigenvalue weighted by Gasteiger charge is -2.21.